The van der Waals surface area contributed by atoms with E-state index in [1.807, 2.05) is 36.4 Å². The van der Waals surface area contributed by atoms with Gasteiger partial charge in [-0.15, -0.1) is 0 Å². The van der Waals surface area contributed by atoms with E-state index in [0.29, 0.717) is 11.4 Å². The van der Waals surface area contributed by atoms with Crippen LogP contribution in [0.4, 0.5) is 5.69 Å². The normalized spacial score (nSPS) is 10.1. The van der Waals surface area contributed by atoms with Gasteiger partial charge in [-0.3, -0.25) is 4.79 Å². The van der Waals surface area contributed by atoms with Gasteiger partial charge in [-0.2, -0.15) is 0 Å². The Labute approximate surface area is 130 Å². The fourth-order valence-corrected chi connectivity index (χ4v) is 2.20. The van der Waals surface area contributed by atoms with Crippen molar-refractivity contribution in [2.75, 3.05) is 5.32 Å². The number of thiocarbonyl (C=S) groups is 1. The van der Waals surface area contributed by atoms with Crippen molar-refractivity contribution in [1.29, 1.82) is 0 Å². The zero-order valence-corrected chi connectivity index (χ0v) is 12.5. The number of aryl methyl sites for hydroxylation is 1. The van der Waals surface area contributed by atoms with E-state index in [1.165, 1.54) is 5.56 Å². The monoisotopic (exact) mass is 298 g/mol. The number of anilines is 1. The second-order valence-corrected chi connectivity index (χ2v) is 5.27. The predicted octanol–water partition coefficient (Wildman–Crippen LogP) is 3.28. The van der Waals surface area contributed by atoms with Gasteiger partial charge >= 0.3 is 0 Å². The fourth-order valence-electron chi connectivity index (χ4n) is 2.07. The number of amides is 1. The van der Waals surface area contributed by atoms with Gasteiger partial charge in [0, 0.05) is 17.7 Å². The molecule has 0 saturated heterocycles. The van der Waals surface area contributed by atoms with Gasteiger partial charge in [-0.05, 0) is 30.5 Å². The standard InChI is InChI=1S/C17H18N2OS/c18-17(21)14-9-5-10-15(12-14)19-16(20)11-4-8-13-6-2-1-3-7-13/h1-3,5-7,9-10,12H,4,8,11H2,(H2,18,21)(H,19,20). The lowest BCUT2D eigenvalue weighted by Gasteiger charge is -2.07. The number of hydrogen-bond donors (Lipinski definition) is 2. The molecule has 108 valence electrons. The first kappa shape index (κ1) is 15.2. The van der Waals surface area contributed by atoms with Gasteiger partial charge in [0.15, 0.2) is 0 Å². The SMILES string of the molecule is NC(=S)c1cccc(NC(=O)CCCc2ccccc2)c1. The summed E-state index contributed by atoms with van der Waals surface area (Å²) in [6, 6.07) is 17.4. The molecule has 2 aromatic rings. The van der Waals surface area contributed by atoms with E-state index >= 15 is 0 Å². The van der Waals surface area contributed by atoms with Crippen LogP contribution in [0, 0.1) is 0 Å². The summed E-state index contributed by atoms with van der Waals surface area (Å²) in [5.74, 6) is 0.00557. The van der Waals surface area contributed by atoms with Gasteiger partial charge < -0.3 is 11.1 Å². The van der Waals surface area contributed by atoms with Crippen molar-refractivity contribution < 1.29 is 4.79 Å². The molecule has 1 amide bonds. The van der Waals surface area contributed by atoms with E-state index in [0.717, 1.165) is 24.1 Å². The Balaban J connectivity index is 1.82. The fraction of sp³-hybridized carbons (Fsp3) is 0.176. The topological polar surface area (TPSA) is 55.1 Å². The Hall–Kier alpha value is -2.20. The molecule has 3 N–H and O–H groups in total. The third kappa shape index (κ3) is 5.00. The molecule has 0 aliphatic rings. The first-order valence-electron chi connectivity index (χ1n) is 6.89. The summed E-state index contributed by atoms with van der Waals surface area (Å²) in [6.45, 7) is 0. The molecule has 0 aliphatic carbocycles. The molecule has 2 rings (SSSR count). The van der Waals surface area contributed by atoms with E-state index in [4.69, 9.17) is 18.0 Å². The van der Waals surface area contributed by atoms with Gasteiger partial charge in [-0.1, -0.05) is 54.7 Å². The molecule has 21 heavy (non-hydrogen) atoms. The average molecular weight is 298 g/mol. The summed E-state index contributed by atoms with van der Waals surface area (Å²) in [5.41, 5.74) is 8.31. The van der Waals surface area contributed by atoms with E-state index < -0.39 is 0 Å². The van der Waals surface area contributed by atoms with Crippen LogP contribution < -0.4 is 11.1 Å². The minimum Gasteiger partial charge on any atom is -0.389 e. The molecule has 4 heteroatoms. The van der Waals surface area contributed by atoms with Gasteiger partial charge in [0.1, 0.15) is 4.99 Å². The molecular weight excluding hydrogens is 280 g/mol. The molecule has 0 atom stereocenters. The lowest BCUT2D eigenvalue weighted by molar-refractivity contribution is -0.116. The lowest BCUT2D eigenvalue weighted by Crippen LogP contribution is -2.13. The number of carbonyl (C=O) groups excluding carboxylic acids is 1. The van der Waals surface area contributed by atoms with Gasteiger partial charge in [-0.25, -0.2) is 0 Å². The van der Waals surface area contributed by atoms with E-state index in [-0.39, 0.29) is 5.91 Å². The van der Waals surface area contributed by atoms with Crippen molar-refractivity contribution in [2.45, 2.75) is 19.3 Å². The highest BCUT2D eigenvalue weighted by Gasteiger charge is 2.04. The lowest BCUT2D eigenvalue weighted by atomic mass is 10.1. The zero-order valence-electron chi connectivity index (χ0n) is 11.7. The molecule has 3 nitrogen and oxygen atoms in total. The molecule has 0 bridgehead atoms. The molecule has 0 saturated carbocycles. The van der Waals surface area contributed by atoms with Crippen molar-refractivity contribution in [1.82, 2.24) is 0 Å². The van der Waals surface area contributed by atoms with Crippen molar-refractivity contribution in [3.05, 3.63) is 65.7 Å². The first-order chi connectivity index (χ1) is 10.1. The number of nitrogens with two attached hydrogens (primary N) is 1. The Morgan fingerprint density at radius 2 is 1.86 bits per heavy atom. The van der Waals surface area contributed by atoms with Crippen molar-refractivity contribution >= 4 is 28.8 Å². The van der Waals surface area contributed by atoms with Crippen molar-refractivity contribution in [3.8, 4) is 0 Å². The van der Waals surface area contributed by atoms with Gasteiger partial charge in [0.2, 0.25) is 5.91 Å². The van der Waals surface area contributed by atoms with Crippen LogP contribution in [0.2, 0.25) is 0 Å². The van der Waals surface area contributed by atoms with Crippen LogP contribution in [0.3, 0.4) is 0 Å². The third-order valence-corrected chi connectivity index (χ3v) is 3.38. The molecule has 0 heterocycles. The van der Waals surface area contributed by atoms with Crippen LogP contribution in [-0.2, 0) is 11.2 Å². The molecule has 0 aliphatic heterocycles. The van der Waals surface area contributed by atoms with Crippen LogP contribution in [0.1, 0.15) is 24.0 Å². The van der Waals surface area contributed by atoms with Crippen LogP contribution >= 0.6 is 12.2 Å². The van der Waals surface area contributed by atoms with Gasteiger partial charge in [0.25, 0.3) is 0 Å². The summed E-state index contributed by atoms with van der Waals surface area (Å²) in [7, 11) is 0. The van der Waals surface area contributed by atoms with E-state index in [2.05, 4.69) is 17.4 Å². The van der Waals surface area contributed by atoms with Crippen molar-refractivity contribution in [2.24, 2.45) is 5.73 Å². The van der Waals surface area contributed by atoms with E-state index in [9.17, 15) is 4.79 Å². The summed E-state index contributed by atoms with van der Waals surface area (Å²) < 4.78 is 0. The molecule has 0 spiro atoms. The quantitative estimate of drug-likeness (QED) is 0.805. The van der Waals surface area contributed by atoms with Gasteiger partial charge in [0.05, 0.1) is 0 Å². The number of rotatable bonds is 6. The maximum Gasteiger partial charge on any atom is 0.224 e. The van der Waals surface area contributed by atoms with Crippen LogP contribution in [0.5, 0.6) is 0 Å². The summed E-state index contributed by atoms with van der Waals surface area (Å²) >= 11 is 4.92. The Morgan fingerprint density at radius 3 is 2.57 bits per heavy atom. The largest absolute Gasteiger partial charge is 0.389 e. The van der Waals surface area contributed by atoms with Crippen LogP contribution in [-0.4, -0.2) is 10.9 Å². The average Bonchev–Trinajstić information content (AvgIpc) is 2.48. The smallest absolute Gasteiger partial charge is 0.224 e. The summed E-state index contributed by atoms with van der Waals surface area (Å²) in [6.07, 6.45) is 2.22. The first-order valence-corrected chi connectivity index (χ1v) is 7.29. The minimum atomic E-state index is 0.00557. The number of benzene rings is 2. The Bertz CT molecular complexity index is 626. The highest BCUT2D eigenvalue weighted by Crippen LogP contribution is 2.12. The second-order valence-electron chi connectivity index (χ2n) is 4.83. The predicted molar refractivity (Wildman–Crippen MR) is 90.3 cm³/mol. The number of carbonyl (C=O) groups is 1. The summed E-state index contributed by atoms with van der Waals surface area (Å²) in [4.78, 5) is 12.2. The molecule has 0 unspecified atom stereocenters. The number of nitrogens with one attached hydrogen (secondary N) is 1. The Kier molecular flexibility index (Phi) is 5.46. The third-order valence-electron chi connectivity index (χ3n) is 3.14. The molecular formula is C17H18N2OS. The van der Waals surface area contributed by atoms with E-state index in [1.54, 1.807) is 6.07 Å². The molecule has 0 aromatic heterocycles. The zero-order chi connectivity index (χ0) is 15.1. The Morgan fingerprint density at radius 1 is 1.10 bits per heavy atom. The molecule has 0 fully saturated rings. The minimum absolute atomic E-state index is 0.00557. The highest BCUT2D eigenvalue weighted by atomic mass is 32.1. The highest BCUT2D eigenvalue weighted by molar-refractivity contribution is 7.80. The van der Waals surface area contributed by atoms with Crippen molar-refractivity contribution in [3.63, 3.8) is 0 Å². The maximum absolute atomic E-state index is 11.9. The van der Waals surface area contributed by atoms with Crippen LogP contribution in [0.15, 0.2) is 54.6 Å². The number of hydrogen-bond acceptors (Lipinski definition) is 2. The molecule has 2 aromatic carbocycles. The van der Waals surface area contributed by atoms with Crippen LogP contribution in [0.25, 0.3) is 0 Å². The molecule has 0 radical (unpaired) electrons. The summed E-state index contributed by atoms with van der Waals surface area (Å²) in [5, 5.41) is 2.87. The maximum atomic E-state index is 11.9. The second kappa shape index (κ2) is 7.55.